The standard InChI is InChI=1S/C11H16ClN3S/c12-11-9(13-14-16-11)7-15-6-8-4-2-1-3-5-10(8)15/h8,10H,1-7H2/t8-,10-/m1/s1. The fourth-order valence-corrected chi connectivity index (χ4v) is 3.63. The quantitative estimate of drug-likeness (QED) is 0.816. The Balaban J connectivity index is 1.63. The molecular weight excluding hydrogens is 242 g/mol. The van der Waals surface area contributed by atoms with E-state index < -0.39 is 0 Å². The molecule has 2 heterocycles. The van der Waals surface area contributed by atoms with Crippen molar-refractivity contribution in [3.05, 3.63) is 10.0 Å². The van der Waals surface area contributed by atoms with Gasteiger partial charge in [-0.2, -0.15) is 0 Å². The maximum Gasteiger partial charge on any atom is 0.138 e. The van der Waals surface area contributed by atoms with Gasteiger partial charge in [-0.3, -0.25) is 4.90 Å². The molecule has 5 heteroatoms. The number of halogens is 1. The summed E-state index contributed by atoms with van der Waals surface area (Å²) in [6.07, 6.45) is 7.01. The van der Waals surface area contributed by atoms with E-state index in [1.54, 1.807) is 0 Å². The van der Waals surface area contributed by atoms with E-state index in [4.69, 9.17) is 11.6 Å². The summed E-state index contributed by atoms with van der Waals surface area (Å²) < 4.78 is 4.65. The monoisotopic (exact) mass is 257 g/mol. The number of fused-ring (bicyclic) bond motifs is 1. The minimum absolute atomic E-state index is 0.761. The number of aromatic nitrogens is 2. The molecule has 0 aromatic carbocycles. The largest absolute Gasteiger partial charge is 0.294 e. The van der Waals surface area contributed by atoms with Crippen molar-refractivity contribution >= 4 is 23.1 Å². The second-order valence-electron chi connectivity index (χ2n) is 4.89. The number of hydrogen-bond donors (Lipinski definition) is 0. The molecule has 88 valence electrons. The third kappa shape index (κ3) is 1.98. The fraction of sp³-hybridized carbons (Fsp3) is 0.818. The lowest BCUT2D eigenvalue weighted by atomic mass is 9.84. The van der Waals surface area contributed by atoms with E-state index in [0.29, 0.717) is 0 Å². The molecule has 1 saturated heterocycles. The highest BCUT2D eigenvalue weighted by Crippen LogP contribution is 2.37. The molecule has 3 nitrogen and oxygen atoms in total. The molecule has 0 radical (unpaired) electrons. The van der Waals surface area contributed by atoms with Crippen LogP contribution in [-0.4, -0.2) is 27.1 Å². The van der Waals surface area contributed by atoms with Crippen LogP contribution in [0.3, 0.4) is 0 Å². The lowest BCUT2D eigenvalue weighted by molar-refractivity contribution is 0.00205. The second kappa shape index (κ2) is 4.59. The van der Waals surface area contributed by atoms with Crippen LogP contribution >= 0.6 is 23.1 Å². The summed E-state index contributed by atoms with van der Waals surface area (Å²) in [5.74, 6) is 0.938. The lowest BCUT2D eigenvalue weighted by Gasteiger charge is -2.47. The van der Waals surface area contributed by atoms with Crippen LogP contribution in [0.1, 0.15) is 37.8 Å². The van der Waals surface area contributed by atoms with Gasteiger partial charge in [-0.15, -0.1) is 5.10 Å². The maximum absolute atomic E-state index is 6.04. The van der Waals surface area contributed by atoms with Crippen molar-refractivity contribution in [3.63, 3.8) is 0 Å². The van der Waals surface area contributed by atoms with Crippen LogP contribution in [-0.2, 0) is 6.54 Å². The minimum Gasteiger partial charge on any atom is -0.294 e. The summed E-state index contributed by atoms with van der Waals surface area (Å²) in [6.45, 7) is 2.13. The van der Waals surface area contributed by atoms with E-state index in [1.807, 2.05) is 0 Å². The Morgan fingerprint density at radius 3 is 3.00 bits per heavy atom. The van der Waals surface area contributed by atoms with Gasteiger partial charge >= 0.3 is 0 Å². The highest BCUT2D eigenvalue weighted by molar-refractivity contribution is 7.10. The second-order valence-corrected chi connectivity index (χ2v) is 6.24. The van der Waals surface area contributed by atoms with Crippen LogP contribution in [0, 0.1) is 5.92 Å². The first-order valence-corrected chi connectivity index (χ1v) is 7.20. The molecule has 0 spiro atoms. The van der Waals surface area contributed by atoms with Crippen molar-refractivity contribution < 1.29 is 0 Å². The smallest absolute Gasteiger partial charge is 0.138 e. The molecule has 0 bridgehead atoms. The number of likely N-dealkylation sites (tertiary alicyclic amines) is 1. The first-order valence-electron chi connectivity index (χ1n) is 6.05. The summed E-state index contributed by atoms with van der Waals surface area (Å²) in [5, 5.41) is 4.09. The summed E-state index contributed by atoms with van der Waals surface area (Å²) in [6, 6.07) is 0.792. The van der Waals surface area contributed by atoms with E-state index in [9.17, 15) is 0 Å². The lowest BCUT2D eigenvalue weighted by Crippen LogP contribution is -2.54. The maximum atomic E-state index is 6.04. The molecular formula is C11H16ClN3S. The molecule has 2 aliphatic rings. The number of nitrogens with zero attached hydrogens (tertiary/aromatic N) is 3. The molecule has 1 aromatic rings. The van der Waals surface area contributed by atoms with E-state index in [2.05, 4.69) is 14.5 Å². The third-order valence-corrected chi connectivity index (χ3v) is 4.90. The van der Waals surface area contributed by atoms with Gasteiger partial charge in [0.1, 0.15) is 10.0 Å². The Hall–Kier alpha value is -0.190. The Morgan fingerprint density at radius 1 is 1.31 bits per heavy atom. The van der Waals surface area contributed by atoms with E-state index >= 15 is 0 Å². The van der Waals surface area contributed by atoms with Gasteiger partial charge in [-0.1, -0.05) is 35.4 Å². The van der Waals surface area contributed by atoms with Gasteiger partial charge in [0.2, 0.25) is 0 Å². The molecule has 2 atom stereocenters. The Labute approximate surface area is 105 Å². The summed E-state index contributed by atoms with van der Waals surface area (Å²) in [7, 11) is 0. The predicted molar refractivity (Wildman–Crippen MR) is 65.7 cm³/mol. The van der Waals surface area contributed by atoms with Crippen LogP contribution in [0.5, 0.6) is 0 Å². The number of rotatable bonds is 2. The van der Waals surface area contributed by atoms with Crippen molar-refractivity contribution in [2.75, 3.05) is 6.54 Å². The average Bonchev–Trinajstić information content (AvgIpc) is 2.55. The highest BCUT2D eigenvalue weighted by Gasteiger charge is 2.39. The molecule has 1 aliphatic carbocycles. The SMILES string of the molecule is Clc1snnc1CN1C[C@H]2CCCCC[C@H]21. The van der Waals surface area contributed by atoms with Gasteiger partial charge < -0.3 is 0 Å². The Kier molecular flexibility index (Phi) is 3.14. The molecule has 16 heavy (non-hydrogen) atoms. The van der Waals surface area contributed by atoms with Crippen molar-refractivity contribution in [2.45, 2.75) is 44.7 Å². The Bertz CT molecular complexity index is 368. The topological polar surface area (TPSA) is 29.0 Å². The van der Waals surface area contributed by atoms with Gasteiger partial charge in [0.15, 0.2) is 0 Å². The van der Waals surface area contributed by atoms with Crippen LogP contribution in [0.15, 0.2) is 0 Å². The fourth-order valence-electron chi connectivity index (χ4n) is 3.02. The highest BCUT2D eigenvalue weighted by atomic mass is 35.5. The van der Waals surface area contributed by atoms with Crippen molar-refractivity contribution in [3.8, 4) is 0 Å². The molecule has 1 saturated carbocycles. The average molecular weight is 258 g/mol. The molecule has 0 N–H and O–H groups in total. The van der Waals surface area contributed by atoms with Crippen LogP contribution < -0.4 is 0 Å². The molecule has 3 rings (SSSR count). The van der Waals surface area contributed by atoms with Gasteiger partial charge in [0.25, 0.3) is 0 Å². The van der Waals surface area contributed by atoms with Crippen molar-refractivity contribution in [2.24, 2.45) is 5.92 Å². The summed E-state index contributed by atoms with van der Waals surface area (Å²) in [5.41, 5.74) is 0.967. The zero-order chi connectivity index (χ0) is 11.0. The van der Waals surface area contributed by atoms with E-state index in [-0.39, 0.29) is 0 Å². The molecule has 0 amide bonds. The summed E-state index contributed by atoms with van der Waals surface area (Å²) in [4.78, 5) is 2.53. The van der Waals surface area contributed by atoms with Gasteiger partial charge in [0, 0.05) is 30.7 Å². The van der Waals surface area contributed by atoms with E-state index in [1.165, 1.54) is 50.2 Å². The van der Waals surface area contributed by atoms with Gasteiger partial charge in [-0.25, -0.2) is 0 Å². The number of hydrogen-bond acceptors (Lipinski definition) is 4. The first kappa shape index (κ1) is 10.9. The molecule has 2 fully saturated rings. The van der Waals surface area contributed by atoms with Gasteiger partial charge in [-0.05, 0) is 18.8 Å². The first-order chi connectivity index (χ1) is 7.84. The van der Waals surface area contributed by atoms with Crippen LogP contribution in [0.25, 0.3) is 0 Å². The van der Waals surface area contributed by atoms with Crippen LogP contribution in [0.2, 0.25) is 4.34 Å². The van der Waals surface area contributed by atoms with E-state index in [0.717, 1.165) is 28.5 Å². The zero-order valence-electron chi connectivity index (χ0n) is 9.23. The van der Waals surface area contributed by atoms with Crippen molar-refractivity contribution in [1.82, 2.24) is 14.5 Å². The molecule has 0 unspecified atom stereocenters. The normalized spacial score (nSPS) is 30.6. The Morgan fingerprint density at radius 2 is 2.19 bits per heavy atom. The predicted octanol–water partition coefficient (Wildman–Crippen LogP) is 2.96. The zero-order valence-corrected chi connectivity index (χ0v) is 10.8. The van der Waals surface area contributed by atoms with Gasteiger partial charge in [0.05, 0.1) is 0 Å². The molecule has 1 aromatic heterocycles. The minimum atomic E-state index is 0.761. The van der Waals surface area contributed by atoms with Crippen molar-refractivity contribution in [1.29, 1.82) is 0 Å². The molecule has 1 aliphatic heterocycles. The summed E-state index contributed by atoms with van der Waals surface area (Å²) >= 11 is 7.33. The third-order valence-electron chi connectivity index (χ3n) is 3.92. The van der Waals surface area contributed by atoms with Crippen LogP contribution in [0.4, 0.5) is 0 Å².